The van der Waals surface area contributed by atoms with Crippen LogP contribution in [0.4, 0.5) is 5.82 Å². The predicted octanol–water partition coefficient (Wildman–Crippen LogP) is -0.301. The molecule has 1 saturated heterocycles. The van der Waals surface area contributed by atoms with Gasteiger partial charge >= 0.3 is 0 Å². The van der Waals surface area contributed by atoms with Crippen LogP contribution in [0.3, 0.4) is 0 Å². The topological polar surface area (TPSA) is 170 Å². The van der Waals surface area contributed by atoms with E-state index in [9.17, 15) is 20.1 Å². The predicted molar refractivity (Wildman–Crippen MR) is 104 cm³/mol. The van der Waals surface area contributed by atoms with Crippen LogP contribution in [-0.4, -0.2) is 60.7 Å². The molecule has 1 aromatic carbocycles. The molecule has 1 aliphatic rings. The molecule has 1 aliphatic heterocycles. The molecule has 0 radical (unpaired) electrons. The summed E-state index contributed by atoms with van der Waals surface area (Å²) < 4.78 is 7.18. The van der Waals surface area contributed by atoms with Gasteiger partial charge in [-0.3, -0.25) is 9.36 Å². The Morgan fingerprint density at radius 3 is 2.48 bits per heavy atom. The van der Waals surface area contributed by atoms with Crippen LogP contribution in [0.1, 0.15) is 22.1 Å². The van der Waals surface area contributed by atoms with Gasteiger partial charge in [-0.1, -0.05) is 29.8 Å². The highest BCUT2D eigenvalue weighted by Crippen LogP contribution is 2.41. The Hall–Kier alpha value is -3.05. The Morgan fingerprint density at radius 1 is 1.21 bits per heavy atom. The normalized spacial score (nSPS) is 24.3. The molecule has 10 heteroatoms. The molecule has 152 valence electrons. The van der Waals surface area contributed by atoms with E-state index in [2.05, 4.69) is 9.97 Å². The van der Waals surface area contributed by atoms with Crippen LogP contribution in [0.15, 0.2) is 30.6 Å². The maximum atomic E-state index is 12.4. The first kappa shape index (κ1) is 19.3. The molecule has 0 unspecified atom stereocenters. The van der Waals surface area contributed by atoms with Crippen molar-refractivity contribution in [3.8, 4) is 11.3 Å². The first-order valence-corrected chi connectivity index (χ1v) is 8.98. The summed E-state index contributed by atoms with van der Waals surface area (Å²) >= 11 is 0. The number of fused-ring (bicyclic) bond motifs is 1. The number of rotatable bonds is 4. The summed E-state index contributed by atoms with van der Waals surface area (Å²) in [4.78, 5) is 20.6. The second-order valence-electron chi connectivity index (χ2n) is 7.01. The standard InChI is InChI=1S/C19H21N5O5/c1-8-2-4-9(5-3-8)13-11(17(21)28)12-16(20)22-7-23-18(12)24(13)19-15(27)14(26)10(6-25)29-19/h2-5,7,10,14-15,19,25-27H,6H2,1H3,(H2,21,28)(H2,20,22,23)/t10-,14+,15-,19-/m0/s1. The van der Waals surface area contributed by atoms with E-state index in [1.165, 1.54) is 10.9 Å². The Labute approximate surface area is 165 Å². The van der Waals surface area contributed by atoms with Crippen molar-refractivity contribution in [3.63, 3.8) is 0 Å². The number of aliphatic hydroxyl groups excluding tert-OH is 3. The van der Waals surface area contributed by atoms with Gasteiger partial charge in [0.2, 0.25) is 0 Å². The quantitative estimate of drug-likeness (QED) is 0.398. The zero-order valence-electron chi connectivity index (χ0n) is 15.6. The van der Waals surface area contributed by atoms with Crippen LogP contribution in [0.5, 0.6) is 0 Å². The first-order chi connectivity index (χ1) is 13.8. The first-order valence-electron chi connectivity index (χ1n) is 8.98. The molecular formula is C19H21N5O5. The van der Waals surface area contributed by atoms with Gasteiger partial charge in [-0.25, -0.2) is 9.97 Å². The maximum absolute atomic E-state index is 12.4. The number of benzene rings is 1. The summed E-state index contributed by atoms with van der Waals surface area (Å²) in [6.45, 7) is 1.43. The van der Waals surface area contributed by atoms with Crippen molar-refractivity contribution in [2.24, 2.45) is 5.73 Å². The highest BCUT2D eigenvalue weighted by molar-refractivity contribution is 6.14. The summed E-state index contributed by atoms with van der Waals surface area (Å²) in [6.07, 6.45) is -3.63. The van der Waals surface area contributed by atoms with E-state index in [1.807, 2.05) is 19.1 Å². The van der Waals surface area contributed by atoms with Crippen molar-refractivity contribution in [3.05, 3.63) is 41.7 Å². The Morgan fingerprint density at radius 2 is 1.90 bits per heavy atom. The van der Waals surface area contributed by atoms with E-state index in [4.69, 9.17) is 16.2 Å². The van der Waals surface area contributed by atoms with E-state index in [1.54, 1.807) is 12.1 Å². The number of carbonyl (C=O) groups excluding carboxylic acids is 1. The molecule has 3 heterocycles. The van der Waals surface area contributed by atoms with Crippen molar-refractivity contribution in [2.45, 2.75) is 31.5 Å². The summed E-state index contributed by atoms with van der Waals surface area (Å²) in [6, 6.07) is 7.29. The smallest absolute Gasteiger partial charge is 0.251 e. The summed E-state index contributed by atoms with van der Waals surface area (Å²) in [5.41, 5.74) is 14.0. The van der Waals surface area contributed by atoms with E-state index >= 15 is 0 Å². The average Bonchev–Trinajstić information content (AvgIpc) is 3.18. The van der Waals surface area contributed by atoms with Crippen LogP contribution < -0.4 is 11.5 Å². The highest BCUT2D eigenvalue weighted by atomic mass is 16.6. The Bertz CT molecular complexity index is 1080. The average molecular weight is 399 g/mol. The van der Waals surface area contributed by atoms with Gasteiger partial charge in [0, 0.05) is 0 Å². The van der Waals surface area contributed by atoms with Crippen molar-refractivity contribution in [1.82, 2.24) is 14.5 Å². The van der Waals surface area contributed by atoms with Gasteiger partial charge in [-0.2, -0.15) is 0 Å². The molecule has 10 nitrogen and oxygen atoms in total. The third-order valence-electron chi connectivity index (χ3n) is 5.16. The molecule has 0 aliphatic carbocycles. The van der Waals surface area contributed by atoms with Crippen LogP contribution in [0.25, 0.3) is 22.3 Å². The minimum atomic E-state index is -1.39. The van der Waals surface area contributed by atoms with Crippen LogP contribution in [-0.2, 0) is 4.74 Å². The van der Waals surface area contributed by atoms with Gasteiger partial charge in [-0.05, 0) is 12.5 Å². The molecule has 1 amide bonds. The second-order valence-corrected chi connectivity index (χ2v) is 7.01. The molecule has 7 N–H and O–H groups in total. The number of carbonyl (C=O) groups is 1. The summed E-state index contributed by atoms with van der Waals surface area (Å²) in [5.74, 6) is -0.708. The van der Waals surface area contributed by atoms with E-state index < -0.39 is 37.1 Å². The minimum absolute atomic E-state index is 0.0441. The number of ether oxygens (including phenoxy) is 1. The zero-order valence-corrected chi connectivity index (χ0v) is 15.6. The molecule has 4 atom stereocenters. The number of hydrogen-bond donors (Lipinski definition) is 5. The Balaban J connectivity index is 2.08. The summed E-state index contributed by atoms with van der Waals surface area (Å²) in [7, 11) is 0. The van der Waals surface area contributed by atoms with Crippen molar-refractivity contribution in [1.29, 1.82) is 0 Å². The fraction of sp³-hybridized carbons (Fsp3) is 0.316. The van der Waals surface area contributed by atoms with Gasteiger partial charge in [0.15, 0.2) is 6.23 Å². The number of primary amides is 1. The number of nitrogens with zero attached hydrogens (tertiary/aromatic N) is 3. The largest absolute Gasteiger partial charge is 0.394 e. The molecule has 4 rings (SSSR count). The molecule has 0 bridgehead atoms. The Kier molecular flexibility index (Phi) is 4.71. The number of aromatic nitrogens is 3. The van der Waals surface area contributed by atoms with E-state index in [0.29, 0.717) is 11.3 Å². The SMILES string of the molecule is Cc1ccc(-c2c(C(N)=O)c3c(N)ncnc3n2[C@H]2O[C@@H](CO)[C@@H](O)[C@@H]2O)cc1. The van der Waals surface area contributed by atoms with Crippen LogP contribution in [0.2, 0.25) is 0 Å². The lowest BCUT2D eigenvalue weighted by molar-refractivity contribution is -0.0501. The number of aryl methyl sites for hydroxylation is 1. The lowest BCUT2D eigenvalue weighted by Gasteiger charge is -2.21. The van der Waals surface area contributed by atoms with Crippen molar-refractivity contribution in [2.75, 3.05) is 12.3 Å². The molecule has 3 aromatic rings. The maximum Gasteiger partial charge on any atom is 0.251 e. The van der Waals surface area contributed by atoms with Crippen molar-refractivity contribution < 1.29 is 24.9 Å². The number of amides is 1. The molecule has 2 aromatic heterocycles. The molecule has 29 heavy (non-hydrogen) atoms. The third-order valence-corrected chi connectivity index (χ3v) is 5.16. The number of hydrogen-bond acceptors (Lipinski definition) is 8. The third kappa shape index (κ3) is 2.93. The number of anilines is 1. The molecule has 0 saturated carbocycles. The van der Waals surface area contributed by atoms with Gasteiger partial charge in [-0.15, -0.1) is 0 Å². The fourth-order valence-corrected chi connectivity index (χ4v) is 3.73. The fourth-order valence-electron chi connectivity index (χ4n) is 3.73. The number of nitrogen functional groups attached to an aromatic ring is 1. The molecular weight excluding hydrogens is 378 g/mol. The molecule has 1 fully saturated rings. The van der Waals surface area contributed by atoms with Gasteiger partial charge in [0.05, 0.1) is 23.3 Å². The van der Waals surface area contributed by atoms with Crippen LogP contribution in [0, 0.1) is 6.92 Å². The van der Waals surface area contributed by atoms with Gasteiger partial charge < -0.3 is 31.5 Å². The highest BCUT2D eigenvalue weighted by Gasteiger charge is 2.45. The lowest BCUT2D eigenvalue weighted by atomic mass is 10.0. The van der Waals surface area contributed by atoms with Gasteiger partial charge in [0.25, 0.3) is 5.91 Å². The number of nitrogens with two attached hydrogens (primary N) is 2. The minimum Gasteiger partial charge on any atom is -0.394 e. The lowest BCUT2D eigenvalue weighted by Crippen LogP contribution is -2.33. The zero-order chi connectivity index (χ0) is 20.9. The van der Waals surface area contributed by atoms with Crippen molar-refractivity contribution >= 4 is 22.8 Å². The number of aliphatic hydroxyl groups is 3. The van der Waals surface area contributed by atoms with Gasteiger partial charge in [0.1, 0.15) is 36.1 Å². The van der Waals surface area contributed by atoms with E-state index in [-0.39, 0.29) is 22.4 Å². The van der Waals surface area contributed by atoms with E-state index in [0.717, 1.165) is 5.56 Å². The van der Waals surface area contributed by atoms with Crippen LogP contribution >= 0.6 is 0 Å². The monoisotopic (exact) mass is 399 g/mol. The summed E-state index contributed by atoms with van der Waals surface area (Å²) in [5, 5.41) is 30.5. The second kappa shape index (κ2) is 7.08. The molecule has 0 spiro atoms.